The summed E-state index contributed by atoms with van der Waals surface area (Å²) in [7, 11) is 0. The van der Waals surface area contributed by atoms with Crippen molar-refractivity contribution in [3.05, 3.63) is 53.3 Å². The molecular weight excluding hydrogens is 449 g/mol. The average molecular weight is 482 g/mol. The predicted molar refractivity (Wildman–Crippen MR) is 132 cm³/mol. The van der Waals surface area contributed by atoms with E-state index < -0.39 is 24.3 Å². The minimum Gasteiger partial charge on any atom is -0.482 e. The Hall–Kier alpha value is -3.60. The Bertz CT molecular complexity index is 1090. The van der Waals surface area contributed by atoms with Crippen LogP contribution in [-0.2, 0) is 16.0 Å². The van der Waals surface area contributed by atoms with Crippen LogP contribution in [0.2, 0.25) is 0 Å². The Morgan fingerprint density at radius 2 is 1.94 bits per heavy atom. The second-order valence-corrected chi connectivity index (χ2v) is 9.34. The molecule has 1 aliphatic carbocycles. The van der Waals surface area contributed by atoms with Gasteiger partial charge in [0.2, 0.25) is 5.91 Å². The summed E-state index contributed by atoms with van der Waals surface area (Å²) in [6.45, 7) is 4.59. The lowest BCUT2D eigenvalue weighted by atomic mass is 9.93. The molecule has 3 rings (SSSR count). The fraction of sp³-hybridized carbons (Fsp3) is 0.444. The number of carboxylic acids is 1. The normalized spacial score (nSPS) is 13.8. The van der Waals surface area contributed by atoms with Gasteiger partial charge in [-0.3, -0.25) is 4.79 Å². The van der Waals surface area contributed by atoms with E-state index in [1.165, 1.54) is 18.6 Å². The molecule has 0 unspecified atom stereocenters. The Labute approximate surface area is 205 Å². The number of nitrogens with one attached hydrogen (secondary N) is 1. The molecule has 2 N–H and O–H groups in total. The SMILES string of the molecule is CC(C)CN(c1ccc(OCC(=O)O)cc1NC(=O)Cc1ccc(C#N)cc1F)C1CCCCC1. The van der Waals surface area contributed by atoms with Crippen molar-refractivity contribution in [2.45, 2.75) is 58.4 Å². The van der Waals surface area contributed by atoms with Crippen LogP contribution in [0.25, 0.3) is 0 Å². The maximum atomic E-state index is 14.4. The van der Waals surface area contributed by atoms with Crippen molar-refractivity contribution in [3.63, 3.8) is 0 Å². The number of hydrogen-bond donors (Lipinski definition) is 2. The lowest BCUT2D eigenvalue weighted by Crippen LogP contribution is -2.40. The summed E-state index contributed by atoms with van der Waals surface area (Å²) >= 11 is 0. The van der Waals surface area contributed by atoms with E-state index >= 15 is 0 Å². The van der Waals surface area contributed by atoms with Gasteiger partial charge < -0.3 is 20.1 Å². The number of ether oxygens (including phenoxy) is 1. The second-order valence-electron chi connectivity index (χ2n) is 9.34. The summed E-state index contributed by atoms with van der Waals surface area (Å²) in [5.41, 5.74) is 1.71. The van der Waals surface area contributed by atoms with Crippen molar-refractivity contribution < 1.29 is 23.8 Å². The van der Waals surface area contributed by atoms with Crippen molar-refractivity contribution in [3.8, 4) is 11.8 Å². The maximum absolute atomic E-state index is 14.4. The van der Waals surface area contributed by atoms with E-state index in [4.69, 9.17) is 15.1 Å². The number of rotatable bonds is 10. The zero-order chi connectivity index (χ0) is 25.4. The first-order chi connectivity index (χ1) is 16.8. The van der Waals surface area contributed by atoms with E-state index in [0.717, 1.165) is 44.0 Å². The molecule has 0 heterocycles. The van der Waals surface area contributed by atoms with Gasteiger partial charge in [0.25, 0.3) is 0 Å². The third kappa shape index (κ3) is 7.44. The van der Waals surface area contributed by atoms with E-state index in [0.29, 0.717) is 23.4 Å². The van der Waals surface area contributed by atoms with Gasteiger partial charge in [-0.15, -0.1) is 0 Å². The first kappa shape index (κ1) is 26.0. The van der Waals surface area contributed by atoms with Gasteiger partial charge in [0.05, 0.1) is 29.4 Å². The van der Waals surface area contributed by atoms with Gasteiger partial charge in [-0.2, -0.15) is 5.26 Å². The number of amides is 1. The van der Waals surface area contributed by atoms with E-state index in [9.17, 15) is 14.0 Å². The van der Waals surface area contributed by atoms with Crippen LogP contribution in [0.15, 0.2) is 36.4 Å². The van der Waals surface area contributed by atoms with Gasteiger partial charge in [-0.1, -0.05) is 39.2 Å². The van der Waals surface area contributed by atoms with Crippen molar-refractivity contribution >= 4 is 23.3 Å². The number of nitrogens with zero attached hydrogens (tertiary/aromatic N) is 2. The molecular formula is C27H32FN3O4. The number of carboxylic acid groups (broad SMARTS) is 1. The molecule has 0 aliphatic heterocycles. The minimum absolute atomic E-state index is 0.188. The molecule has 1 aliphatic rings. The standard InChI is InChI=1S/C27H32FN3O4/c1-18(2)16-31(21-6-4-3-5-7-21)25-11-10-22(35-17-27(33)34)14-24(25)30-26(32)13-20-9-8-19(15-29)12-23(20)28/h8-12,14,18,21H,3-7,13,16-17H2,1-2H3,(H,30,32)(H,33,34). The molecule has 0 bridgehead atoms. The molecule has 0 spiro atoms. The van der Waals surface area contributed by atoms with Gasteiger partial charge in [0.1, 0.15) is 11.6 Å². The first-order valence-corrected chi connectivity index (χ1v) is 12.0. The number of benzene rings is 2. The van der Waals surface area contributed by atoms with E-state index in [1.54, 1.807) is 12.1 Å². The lowest BCUT2D eigenvalue weighted by molar-refractivity contribution is -0.139. The molecule has 8 heteroatoms. The van der Waals surface area contributed by atoms with Gasteiger partial charge in [0, 0.05) is 18.7 Å². The number of carbonyl (C=O) groups is 2. The lowest BCUT2D eigenvalue weighted by Gasteiger charge is -2.38. The molecule has 2 aromatic carbocycles. The third-order valence-electron chi connectivity index (χ3n) is 6.02. The van der Waals surface area contributed by atoms with E-state index in [2.05, 4.69) is 24.1 Å². The summed E-state index contributed by atoms with van der Waals surface area (Å²) in [6.07, 6.45) is 5.44. The van der Waals surface area contributed by atoms with Crippen LogP contribution >= 0.6 is 0 Å². The highest BCUT2D eigenvalue weighted by Crippen LogP contribution is 2.36. The number of hydrogen-bond acceptors (Lipinski definition) is 5. The Kier molecular flexibility index (Phi) is 9.07. The quantitative estimate of drug-likeness (QED) is 0.487. The van der Waals surface area contributed by atoms with Crippen LogP contribution in [0.5, 0.6) is 5.75 Å². The topological polar surface area (TPSA) is 103 Å². The Morgan fingerprint density at radius 3 is 2.57 bits per heavy atom. The van der Waals surface area contributed by atoms with E-state index in [1.807, 2.05) is 12.1 Å². The zero-order valence-electron chi connectivity index (χ0n) is 20.2. The molecule has 0 atom stereocenters. The number of halogens is 1. The zero-order valence-corrected chi connectivity index (χ0v) is 20.2. The smallest absolute Gasteiger partial charge is 0.341 e. The van der Waals surface area contributed by atoms with Crippen molar-refractivity contribution in [2.75, 3.05) is 23.4 Å². The number of nitriles is 1. The fourth-order valence-electron chi connectivity index (χ4n) is 4.46. The molecule has 0 radical (unpaired) electrons. The summed E-state index contributed by atoms with van der Waals surface area (Å²) in [4.78, 5) is 26.2. The van der Waals surface area contributed by atoms with Gasteiger partial charge in [0.15, 0.2) is 6.61 Å². The predicted octanol–water partition coefficient (Wildman–Crippen LogP) is 5.14. The molecule has 2 aromatic rings. The summed E-state index contributed by atoms with van der Waals surface area (Å²) in [5.74, 6) is -1.42. The van der Waals surface area contributed by atoms with Crippen LogP contribution in [-0.4, -0.2) is 36.2 Å². The molecule has 1 fully saturated rings. The van der Waals surface area contributed by atoms with Crippen molar-refractivity contribution in [1.82, 2.24) is 0 Å². The molecule has 0 saturated heterocycles. The van der Waals surface area contributed by atoms with Crippen molar-refractivity contribution in [2.24, 2.45) is 5.92 Å². The van der Waals surface area contributed by atoms with Crippen LogP contribution in [0, 0.1) is 23.1 Å². The van der Waals surface area contributed by atoms with Crippen LogP contribution in [0.3, 0.4) is 0 Å². The highest BCUT2D eigenvalue weighted by atomic mass is 19.1. The molecule has 186 valence electrons. The van der Waals surface area contributed by atoms with Gasteiger partial charge in [-0.05, 0) is 48.6 Å². The number of aliphatic carboxylic acids is 1. The highest BCUT2D eigenvalue weighted by Gasteiger charge is 2.25. The monoisotopic (exact) mass is 481 g/mol. The summed E-state index contributed by atoms with van der Waals surface area (Å²) in [6, 6.07) is 11.4. The number of carbonyl (C=O) groups excluding carboxylic acids is 1. The van der Waals surface area contributed by atoms with Crippen molar-refractivity contribution in [1.29, 1.82) is 5.26 Å². The highest BCUT2D eigenvalue weighted by molar-refractivity contribution is 5.96. The Morgan fingerprint density at radius 1 is 1.20 bits per heavy atom. The Balaban J connectivity index is 1.90. The average Bonchev–Trinajstić information content (AvgIpc) is 2.83. The van der Waals surface area contributed by atoms with Gasteiger partial charge >= 0.3 is 5.97 Å². The third-order valence-corrected chi connectivity index (χ3v) is 6.02. The largest absolute Gasteiger partial charge is 0.482 e. The molecule has 7 nitrogen and oxygen atoms in total. The molecule has 1 amide bonds. The summed E-state index contributed by atoms with van der Waals surface area (Å²) < 4.78 is 19.7. The fourth-order valence-corrected chi connectivity index (χ4v) is 4.46. The van der Waals surface area contributed by atoms with Crippen LogP contribution in [0.4, 0.5) is 15.8 Å². The summed E-state index contributed by atoms with van der Waals surface area (Å²) in [5, 5.41) is 20.8. The number of anilines is 2. The van der Waals surface area contributed by atoms with Crippen LogP contribution < -0.4 is 15.0 Å². The second kappa shape index (κ2) is 12.2. The first-order valence-electron chi connectivity index (χ1n) is 12.0. The molecule has 35 heavy (non-hydrogen) atoms. The van der Waals surface area contributed by atoms with Crippen LogP contribution in [0.1, 0.15) is 57.1 Å². The minimum atomic E-state index is -1.10. The maximum Gasteiger partial charge on any atom is 0.341 e. The van der Waals surface area contributed by atoms with E-state index in [-0.39, 0.29) is 17.5 Å². The molecule has 0 aromatic heterocycles. The molecule has 1 saturated carbocycles. The van der Waals surface area contributed by atoms with Gasteiger partial charge in [-0.25, -0.2) is 9.18 Å².